The minimum atomic E-state index is -0.889. The van der Waals surface area contributed by atoms with Crippen LogP contribution in [0.3, 0.4) is 0 Å². The van der Waals surface area contributed by atoms with E-state index < -0.39 is 11.6 Å². The molecule has 1 aliphatic carbocycles. The van der Waals surface area contributed by atoms with E-state index in [1.165, 1.54) is 6.07 Å². The lowest BCUT2D eigenvalue weighted by atomic mass is 9.84. The van der Waals surface area contributed by atoms with E-state index in [0.717, 1.165) is 55.4 Å². The van der Waals surface area contributed by atoms with Crippen LogP contribution in [0.2, 0.25) is 0 Å². The van der Waals surface area contributed by atoms with Crippen LogP contribution in [0.5, 0.6) is 11.5 Å². The van der Waals surface area contributed by atoms with Crippen LogP contribution in [-0.4, -0.2) is 25.6 Å². The highest BCUT2D eigenvalue weighted by Gasteiger charge is 2.38. The van der Waals surface area contributed by atoms with Crippen LogP contribution < -0.4 is 14.8 Å². The smallest absolute Gasteiger partial charge is 0.161 e. The number of hydrogen-bond donors (Lipinski definition) is 1. The molecule has 0 saturated heterocycles. The standard InChI is InChI=1S/C21H22F2N2O2/c1-26-18-9-13-12-21(7-3-4-8-21)25-20(15(13)11-19(18)27-2)24-14-5-6-16(22)17(23)10-14/h5-6,9-11H,3-4,7-8,12H2,1-2H3,(H,24,25). The van der Waals surface area contributed by atoms with Gasteiger partial charge in [-0.3, -0.25) is 4.99 Å². The van der Waals surface area contributed by atoms with E-state index in [1.807, 2.05) is 12.1 Å². The summed E-state index contributed by atoms with van der Waals surface area (Å²) in [6, 6.07) is 7.66. The number of fused-ring (bicyclic) bond motifs is 1. The van der Waals surface area contributed by atoms with Crippen molar-refractivity contribution in [2.24, 2.45) is 4.99 Å². The van der Waals surface area contributed by atoms with Crippen molar-refractivity contribution in [3.63, 3.8) is 0 Å². The number of nitrogens with zero attached hydrogens (tertiary/aromatic N) is 1. The number of aliphatic imine (C=N–C) groups is 1. The number of anilines is 1. The molecule has 0 unspecified atom stereocenters. The van der Waals surface area contributed by atoms with Crippen LogP contribution >= 0.6 is 0 Å². The van der Waals surface area contributed by atoms with Crippen LogP contribution in [-0.2, 0) is 6.42 Å². The third-order valence-corrected chi connectivity index (χ3v) is 5.45. The Labute approximate surface area is 157 Å². The summed E-state index contributed by atoms with van der Waals surface area (Å²) in [6.07, 6.45) is 5.16. The zero-order valence-electron chi connectivity index (χ0n) is 15.4. The number of hydrogen-bond acceptors (Lipinski definition) is 4. The number of rotatable bonds is 3. The maximum atomic E-state index is 13.6. The molecule has 1 fully saturated rings. The van der Waals surface area contributed by atoms with Crippen LogP contribution in [0.15, 0.2) is 35.3 Å². The van der Waals surface area contributed by atoms with Crippen molar-refractivity contribution in [3.05, 3.63) is 53.1 Å². The Hall–Kier alpha value is -2.63. The summed E-state index contributed by atoms with van der Waals surface area (Å²) in [7, 11) is 3.21. The lowest BCUT2D eigenvalue weighted by molar-refractivity contribution is 0.353. The van der Waals surface area contributed by atoms with Gasteiger partial charge in [0.1, 0.15) is 5.84 Å². The van der Waals surface area contributed by atoms with Crippen molar-refractivity contribution in [2.45, 2.75) is 37.6 Å². The summed E-state index contributed by atoms with van der Waals surface area (Å²) in [5.41, 5.74) is 2.33. The molecule has 6 heteroatoms. The van der Waals surface area contributed by atoms with Crippen LogP contribution in [0.25, 0.3) is 0 Å². The summed E-state index contributed by atoms with van der Waals surface area (Å²) < 4.78 is 37.8. The van der Waals surface area contributed by atoms with E-state index in [2.05, 4.69) is 5.32 Å². The van der Waals surface area contributed by atoms with E-state index in [-0.39, 0.29) is 5.54 Å². The van der Waals surface area contributed by atoms with E-state index in [1.54, 1.807) is 14.2 Å². The lowest BCUT2D eigenvalue weighted by Crippen LogP contribution is -2.35. The molecular formula is C21H22F2N2O2. The van der Waals surface area contributed by atoms with Gasteiger partial charge in [-0.15, -0.1) is 0 Å². The average Bonchev–Trinajstić information content (AvgIpc) is 3.11. The molecule has 0 aromatic heterocycles. The molecule has 0 bridgehead atoms. The fraction of sp³-hybridized carbons (Fsp3) is 0.381. The lowest BCUT2D eigenvalue weighted by Gasteiger charge is -2.33. The number of nitrogens with one attached hydrogen (secondary N) is 1. The monoisotopic (exact) mass is 372 g/mol. The summed E-state index contributed by atoms with van der Waals surface area (Å²) in [5.74, 6) is 0.187. The Balaban J connectivity index is 1.79. The van der Waals surface area contributed by atoms with Crippen molar-refractivity contribution in [3.8, 4) is 11.5 Å². The van der Waals surface area contributed by atoms with Crippen LogP contribution in [0.1, 0.15) is 36.8 Å². The maximum absolute atomic E-state index is 13.6. The number of halogens is 2. The second kappa shape index (κ2) is 6.83. The van der Waals surface area contributed by atoms with Crippen molar-refractivity contribution in [1.82, 2.24) is 0 Å². The molecule has 2 aliphatic rings. The molecule has 0 atom stereocenters. The summed E-state index contributed by atoms with van der Waals surface area (Å²) >= 11 is 0. The first-order valence-corrected chi connectivity index (χ1v) is 9.11. The van der Waals surface area contributed by atoms with Gasteiger partial charge in [-0.05, 0) is 49.1 Å². The first-order valence-electron chi connectivity index (χ1n) is 9.11. The molecule has 1 spiro atoms. The minimum Gasteiger partial charge on any atom is -0.493 e. The topological polar surface area (TPSA) is 42.9 Å². The SMILES string of the molecule is COc1cc2c(cc1OC)C(Nc1ccc(F)c(F)c1)=NC1(CCCC1)C2. The summed E-state index contributed by atoms with van der Waals surface area (Å²) in [5, 5.41) is 3.19. The molecule has 4 rings (SSSR count). The average molecular weight is 372 g/mol. The predicted octanol–water partition coefficient (Wildman–Crippen LogP) is 4.71. The van der Waals surface area contributed by atoms with Gasteiger partial charge in [0, 0.05) is 17.3 Å². The highest BCUT2D eigenvalue weighted by molar-refractivity contribution is 6.10. The molecule has 2 aromatic rings. The number of amidine groups is 1. The maximum Gasteiger partial charge on any atom is 0.161 e. The van der Waals surface area contributed by atoms with Crippen LogP contribution in [0, 0.1) is 11.6 Å². The van der Waals surface area contributed by atoms with E-state index in [0.29, 0.717) is 23.0 Å². The Kier molecular flexibility index (Phi) is 4.50. The van der Waals surface area contributed by atoms with Gasteiger partial charge in [-0.25, -0.2) is 8.78 Å². The van der Waals surface area contributed by atoms with Crippen LogP contribution in [0.4, 0.5) is 14.5 Å². The zero-order valence-corrected chi connectivity index (χ0v) is 15.4. The van der Waals surface area contributed by atoms with Gasteiger partial charge in [0.2, 0.25) is 0 Å². The number of benzene rings is 2. The Morgan fingerprint density at radius 3 is 2.33 bits per heavy atom. The van der Waals surface area contributed by atoms with Crippen molar-refractivity contribution in [2.75, 3.05) is 19.5 Å². The molecule has 0 amide bonds. The predicted molar refractivity (Wildman–Crippen MR) is 101 cm³/mol. The second-order valence-electron chi connectivity index (χ2n) is 7.19. The first-order chi connectivity index (χ1) is 13.0. The summed E-state index contributed by atoms with van der Waals surface area (Å²) in [4.78, 5) is 5.03. The highest BCUT2D eigenvalue weighted by atomic mass is 19.2. The first kappa shape index (κ1) is 17.8. The molecule has 1 saturated carbocycles. The van der Waals surface area contributed by atoms with Gasteiger partial charge >= 0.3 is 0 Å². The fourth-order valence-corrected chi connectivity index (χ4v) is 4.11. The summed E-state index contributed by atoms with van der Waals surface area (Å²) in [6.45, 7) is 0. The normalized spacial score (nSPS) is 17.4. The Bertz CT molecular complexity index is 905. The molecular weight excluding hydrogens is 350 g/mol. The second-order valence-corrected chi connectivity index (χ2v) is 7.19. The van der Waals surface area contributed by atoms with Gasteiger partial charge in [-0.2, -0.15) is 0 Å². The molecule has 1 aliphatic heterocycles. The molecule has 142 valence electrons. The van der Waals surface area contributed by atoms with E-state index in [9.17, 15) is 8.78 Å². The Morgan fingerprint density at radius 2 is 1.67 bits per heavy atom. The van der Waals surface area contributed by atoms with Crippen molar-refractivity contribution >= 4 is 11.5 Å². The van der Waals surface area contributed by atoms with E-state index in [4.69, 9.17) is 14.5 Å². The minimum absolute atomic E-state index is 0.145. The quantitative estimate of drug-likeness (QED) is 0.849. The largest absolute Gasteiger partial charge is 0.493 e. The third-order valence-electron chi connectivity index (χ3n) is 5.45. The van der Waals surface area contributed by atoms with Gasteiger partial charge in [0.05, 0.1) is 19.8 Å². The van der Waals surface area contributed by atoms with Gasteiger partial charge in [0.25, 0.3) is 0 Å². The van der Waals surface area contributed by atoms with Crippen molar-refractivity contribution < 1.29 is 18.3 Å². The van der Waals surface area contributed by atoms with Gasteiger partial charge in [-0.1, -0.05) is 12.8 Å². The Morgan fingerprint density at radius 1 is 0.963 bits per heavy atom. The molecule has 0 radical (unpaired) electrons. The van der Waals surface area contributed by atoms with E-state index >= 15 is 0 Å². The molecule has 4 nitrogen and oxygen atoms in total. The van der Waals surface area contributed by atoms with Gasteiger partial charge in [0.15, 0.2) is 23.1 Å². The molecule has 2 aromatic carbocycles. The molecule has 1 N–H and O–H groups in total. The molecule has 27 heavy (non-hydrogen) atoms. The van der Waals surface area contributed by atoms with Gasteiger partial charge < -0.3 is 14.8 Å². The highest BCUT2D eigenvalue weighted by Crippen LogP contribution is 2.43. The molecule has 1 heterocycles. The van der Waals surface area contributed by atoms with Crippen molar-refractivity contribution in [1.29, 1.82) is 0 Å². The number of ether oxygens (including phenoxy) is 2. The third kappa shape index (κ3) is 3.24. The number of methoxy groups -OCH3 is 2. The zero-order chi connectivity index (χ0) is 19.0. The fourth-order valence-electron chi connectivity index (χ4n) is 4.11.